The minimum atomic E-state index is -0.321. The van der Waals surface area contributed by atoms with Crippen LogP contribution >= 0.6 is 15.9 Å². The number of benzene rings is 1. The van der Waals surface area contributed by atoms with Crippen LogP contribution in [0, 0.1) is 0 Å². The van der Waals surface area contributed by atoms with Crippen LogP contribution in [0.3, 0.4) is 0 Å². The Morgan fingerprint density at radius 3 is 2.83 bits per heavy atom. The zero-order chi connectivity index (χ0) is 16.2. The molecule has 0 bridgehead atoms. The second-order valence-corrected chi connectivity index (χ2v) is 6.00. The van der Waals surface area contributed by atoms with E-state index in [1.165, 1.54) is 6.26 Å². The van der Waals surface area contributed by atoms with Crippen molar-refractivity contribution < 1.29 is 14.3 Å². The summed E-state index contributed by atoms with van der Waals surface area (Å²) in [6.45, 7) is 2.69. The standard InChI is InChI=1S/C16H16BrN3O3/c1-10(19-16(21)14-9-22-6-7-23-14)15-18-8-13(20-15)11-2-4-12(17)5-3-11/h2-5,8-10H,6-7H2,1H3,(H,18,20)(H,19,21). The lowest BCUT2D eigenvalue weighted by Crippen LogP contribution is -2.31. The van der Waals surface area contributed by atoms with Gasteiger partial charge in [0.1, 0.15) is 25.3 Å². The van der Waals surface area contributed by atoms with Crippen LogP contribution in [-0.4, -0.2) is 29.1 Å². The first-order valence-electron chi connectivity index (χ1n) is 7.20. The second-order valence-electron chi connectivity index (χ2n) is 5.09. The van der Waals surface area contributed by atoms with Gasteiger partial charge >= 0.3 is 0 Å². The zero-order valence-electron chi connectivity index (χ0n) is 12.5. The summed E-state index contributed by atoms with van der Waals surface area (Å²) in [5.74, 6) is 0.537. The Bertz CT molecular complexity index is 724. The SMILES string of the molecule is CC(NC(=O)C1=COCCO1)c1ncc(-c2ccc(Br)cc2)[nH]1. The molecule has 0 aliphatic carbocycles. The van der Waals surface area contributed by atoms with Crippen molar-refractivity contribution in [3.8, 4) is 11.3 Å². The van der Waals surface area contributed by atoms with Crippen LogP contribution < -0.4 is 5.32 Å². The minimum absolute atomic E-state index is 0.183. The quantitative estimate of drug-likeness (QED) is 0.858. The Labute approximate surface area is 142 Å². The largest absolute Gasteiger partial charge is 0.494 e. The van der Waals surface area contributed by atoms with Gasteiger partial charge in [0.05, 0.1) is 17.9 Å². The maximum atomic E-state index is 12.1. The van der Waals surface area contributed by atoms with Crippen LogP contribution in [0.1, 0.15) is 18.8 Å². The molecule has 3 rings (SSSR count). The number of nitrogens with zero attached hydrogens (tertiary/aromatic N) is 1. The normalized spacial score (nSPS) is 15.1. The highest BCUT2D eigenvalue weighted by Gasteiger charge is 2.19. The van der Waals surface area contributed by atoms with Crippen molar-refractivity contribution in [1.82, 2.24) is 15.3 Å². The summed E-state index contributed by atoms with van der Waals surface area (Å²) in [7, 11) is 0. The van der Waals surface area contributed by atoms with E-state index in [-0.39, 0.29) is 17.7 Å². The molecular formula is C16H16BrN3O3. The lowest BCUT2D eigenvalue weighted by Gasteiger charge is -2.17. The predicted molar refractivity (Wildman–Crippen MR) is 88.3 cm³/mol. The Morgan fingerprint density at radius 2 is 2.13 bits per heavy atom. The average Bonchev–Trinajstić information content (AvgIpc) is 3.06. The third-order valence-electron chi connectivity index (χ3n) is 3.38. The van der Waals surface area contributed by atoms with Gasteiger partial charge < -0.3 is 19.8 Å². The van der Waals surface area contributed by atoms with Gasteiger partial charge in [-0.05, 0) is 24.6 Å². The smallest absolute Gasteiger partial charge is 0.290 e. The molecule has 1 aliphatic rings. The molecule has 7 heteroatoms. The lowest BCUT2D eigenvalue weighted by atomic mass is 10.2. The molecule has 6 nitrogen and oxygen atoms in total. The van der Waals surface area contributed by atoms with Crippen LogP contribution in [0.2, 0.25) is 0 Å². The molecule has 120 valence electrons. The van der Waals surface area contributed by atoms with E-state index in [0.29, 0.717) is 19.0 Å². The van der Waals surface area contributed by atoms with Gasteiger partial charge in [-0.15, -0.1) is 0 Å². The number of rotatable bonds is 4. The zero-order valence-corrected chi connectivity index (χ0v) is 14.1. The number of imidazole rings is 1. The fourth-order valence-corrected chi connectivity index (χ4v) is 2.42. The van der Waals surface area contributed by atoms with Gasteiger partial charge in [-0.3, -0.25) is 4.79 Å². The van der Waals surface area contributed by atoms with Gasteiger partial charge in [0, 0.05) is 4.47 Å². The lowest BCUT2D eigenvalue weighted by molar-refractivity contribution is -0.123. The highest BCUT2D eigenvalue weighted by atomic mass is 79.9. The molecule has 1 aromatic heterocycles. The first kappa shape index (κ1) is 15.6. The fraction of sp³-hybridized carbons (Fsp3) is 0.250. The van der Waals surface area contributed by atoms with Crippen molar-refractivity contribution >= 4 is 21.8 Å². The average molecular weight is 378 g/mol. The molecule has 1 atom stereocenters. The van der Waals surface area contributed by atoms with Crippen LogP contribution in [0.15, 0.2) is 47.0 Å². The Morgan fingerprint density at radius 1 is 1.35 bits per heavy atom. The molecule has 0 saturated heterocycles. The van der Waals surface area contributed by atoms with Crippen molar-refractivity contribution in [2.24, 2.45) is 0 Å². The van der Waals surface area contributed by atoms with Crippen molar-refractivity contribution in [2.45, 2.75) is 13.0 Å². The number of amides is 1. The minimum Gasteiger partial charge on any atom is -0.494 e. The number of aromatic amines is 1. The van der Waals surface area contributed by atoms with Gasteiger partial charge in [0.25, 0.3) is 5.91 Å². The van der Waals surface area contributed by atoms with E-state index in [0.717, 1.165) is 15.7 Å². The van der Waals surface area contributed by atoms with E-state index in [4.69, 9.17) is 9.47 Å². The first-order valence-corrected chi connectivity index (χ1v) is 7.99. The Hall–Kier alpha value is -2.28. The molecule has 2 heterocycles. The number of hydrogen-bond acceptors (Lipinski definition) is 4. The number of carbonyl (C=O) groups excluding carboxylic acids is 1. The van der Waals surface area contributed by atoms with E-state index in [1.54, 1.807) is 6.20 Å². The fourth-order valence-electron chi connectivity index (χ4n) is 2.16. The molecule has 0 saturated carbocycles. The van der Waals surface area contributed by atoms with Gasteiger partial charge in [-0.1, -0.05) is 28.1 Å². The topological polar surface area (TPSA) is 76.2 Å². The molecule has 1 unspecified atom stereocenters. The molecule has 23 heavy (non-hydrogen) atoms. The summed E-state index contributed by atoms with van der Waals surface area (Å²) in [5, 5.41) is 2.83. The van der Waals surface area contributed by atoms with Gasteiger partial charge in [0.2, 0.25) is 5.76 Å². The van der Waals surface area contributed by atoms with Gasteiger partial charge in [-0.2, -0.15) is 0 Å². The van der Waals surface area contributed by atoms with Crippen molar-refractivity contribution in [2.75, 3.05) is 13.2 Å². The molecule has 1 amide bonds. The number of nitrogens with one attached hydrogen (secondary N) is 2. The summed E-state index contributed by atoms with van der Waals surface area (Å²) in [5.41, 5.74) is 1.92. The monoisotopic (exact) mass is 377 g/mol. The first-order chi connectivity index (χ1) is 11.1. The highest BCUT2D eigenvalue weighted by Crippen LogP contribution is 2.21. The van der Waals surface area contributed by atoms with Gasteiger partial charge in [0.15, 0.2) is 0 Å². The number of aromatic nitrogens is 2. The van der Waals surface area contributed by atoms with Crippen LogP contribution in [0.25, 0.3) is 11.3 Å². The molecule has 1 aliphatic heterocycles. The van der Waals surface area contributed by atoms with Gasteiger partial charge in [-0.25, -0.2) is 4.98 Å². The summed E-state index contributed by atoms with van der Waals surface area (Å²) in [6, 6.07) is 7.63. The highest BCUT2D eigenvalue weighted by molar-refractivity contribution is 9.10. The number of H-pyrrole nitrogens is 1. The van der Waals surface area contributed by atoms with Crippen molar-refractivity contribution in [1.29, 1.82) is 0 Å². The van der Waals surface area contributed by atoms with Crippen LogP contribution in [0.5, 0.6) is 0 Å². The van der Waals surface area contributed by atoms with Crippen molar-refractivity contribution in [3.63, 3.8) is 0 Å². The molecule has 2 aromatic rings. The molecular weight excluding hydrogens is 362 g/mol. The number of carbonyl (C=O) groups is 1. The third-order valence-corrected chi connectivity index (χ3v) is 3.91. The maximum absolute atomic E-state index is 12.1. The predicted octanol–water partition coefficient (Wildman–Crippen LogP) is 2.90. The number of ether oxygens (including phenoxy) is 2. The van der Waals surface area contributed by atoms with E-state index in [2.05, 4.69) is 31.2 Å². The van der Waals surface area contributed by atoms with E-state index < -0.39 is 0 Å². The number of halogens is 1. The maximum Gasteiger partial charge on any atom is 0.290 e. The van der Waals surface area contributed by atoms with E-state index >= 15 is 0 Å². The Balaban J connectivity index is 1.68. The summed E-state index contributed by atoms with van der Waals surface area (Å²) >= 11 is 3.41. The van der Waals surface area contributed by atoms with E-state index in [9.17, 15) is 4.79 Å². The van der Waals surface area contributed by atoms with E-state index in [1.807, 2.05) is 31.2 Å². The summed E-state index contributed by atoms with van der Waals surface area (Å²) < 4.78 is 11.4. The number of hydrogen-bond donors (Lipinski definition) is 2. The van der Waals surface area contributed by atoms with Crippen LogP contribution in [-0.2, 0) is 14.3 Å². The molecule has 0 spiro atoms. The molecule has 0 radical (unpaired) electrons. The van der Waals surface area contributed by atoms with Crippen molar-refractivity contribution in [3.05, 3.63) is 52.8 Å². The third kappa shape index (κ3) is 3.73. The van der Waals surface area contributed by atoms with Crippen LogP contribution in [0.4, 0.5) is 0 Å². The summed E-state index contributed by atoms with van der Waals surface area (Å²) in [4.78, 5) is 19.6. The summed E-state index contributed by atoms with van der Waals surface area (Å²) in [6.07, 6.45) is 3.08. The Kier molecular flexibility index (Phi) is 4.66. The second kappa shape index (κ2) is 6.87. The molecule has 1 aromatic carbocycles. The molecule has 2 N–H and O–H groups in total. The molecule has 0 fully saturated rings.